The molecule has 0 aliphatic heterocycles. The van der Waals surface area contributed by atoms with Crippen molar-refractivity contribution in [1.82, 2.24) is 20.5 Å². The van der Waals surface area contributed by atoms with Crippen LogP contribution < -0.4 is 10.6 Å². The molecule has 2 rings (SSSR count). The molecule has 152 valence electrons. The summed E-state index contributed by atoms with van der Waals surface area (Å²) in [7, 11) is 0. The van der Waals surface area contributed by atoms with Gasteiger partial charge in [-0.2, -0.15) is 0 Å². The molecule has 7 nitrogen and oxygen atoms in total. The fourth-order valence-electron chi connectivity index (χ4n) is 2.84. The van der Waals surface area contributed by atoms with Crippen molar-refractivity contribution in [2.45, 2.75) is 47.2 Å². The average molecular weight is 489 g/mol. The SMILES string of the molecule is CCNC(=NCc1nc(C)c(C)o1)NCC(c1ccco1)N(CC)CC.I. The van der Waals surface area contributed by atoms with Crippen LogP contribution in [0.15, 0.2) is 32.2 Å². The zero-order valence-electron chi connectivity index (χ0n) is 16.9. The summed E-state index contributed by atoms with van der Waals surface area (Å²) in [6, 6.07) is 4.10. The topological polar surface area (TPSA) is 78.8 Å². The lowest BCUT2D eigenvalue weighted by Gasteiger charge is -2.28. The first-order valence-corrected chi connectivity index (χ1v) is 9.31. The van der Waals surface area contributed by atoms with E-state index in [1.54, 1.807) is 6.26 Å². The lowest BCUT2D eigenvalue weighted by Crippen LogP contribution is -2.43. The summed E-state index contributed by atoms with van der Waals surface area (Å²) in [6.07, 6.45) is 1.72. The van der Waals surface area contributed by atoms with E-state index in [-0.39, 0.29) is 30.0 Å². The summed E-state index contributed by atoms with van der Waals surface area (Å²) in [4.78, 5) is 11.3. The van der Waals surface area contributed by atoms with Crippen LogP contribution in [0.4, 0.5) is 0 Å². The van der Waals surface area contributed by atoms with Crippen LogP contribution in [0.2, 0.25) is 0 Å². The van der Waals surface area contributed by atoms with Crippen LogP contribution in [-0.2, 0) is 6.54 Å². The van der Waals surface area contributed by atoms with Crippen molar-refractivity contribution >= 4 is 29.9 Å². The number of guanidine groups is 1. The second kappa shape index (κ2) is 12.0. The van der Waals surface area contributed by atoms with Crippen molar-refractivity contribution in [3.05, 3.63) is 41.5 Å². The minimum absolute atomic E-state index is 0. The van der Waals surface area contributed by atoms with Crippen LogP contribution in [-0.4, -0.2) is 42.0 Å². The summed E-state index contributed by atoms with van der Waals surface area (Å²) in [5, 5.41) is 6.69. The summed E-state index contributed by atoms with van der Waals surface area (Å²) in [5.74, 6) is 3.16. The monoisotopic (exact) mass is 489 g/mol. The van der Waals surface area contributed by atoms with Gasteiger partial charge in [0.25, 0.3) is 0 Å². The maximum Gasteiger partial charge on any atom is 0.216 e. The first kappa shape index (κ1) is 23.5. The third kappa shape index (κ3) is 6.84. The van der Waals surface area contributed by atoms with Crippen LogP contribution in [0.3, 0.4) is 0 Å². The Hall–Kier alpha value is -1.55. The first-order chi connectivity index (χ1) is 12.6. The Morgan fingerprint density at radius 2 is 1.96 bits per heavy atom. The Labute approximate surface area is 179 Å². The van der Waals surface area contributed by atoms with Crippen molar-refractivity contribution in [1.29, 1.82) is 0 Å². The minimum Gasteiger partial charge on any atom is -0.468 e. The molecule has 0 radical (unpaired) electrons. The maximum atomic E-state index is 5.65. The van der Waals surface area contributed by atoms with Crippen molar-refractivity contribution in [3.8, 4) is 0 Å². The van der Waals surface area contributed by atoms with Gasteiger partial charge in [-0.1, -0.05) is 13.8 Å². The first-order valence-electron chi connectivity index (χ1n) is 9.31. The fourth-order valence-corrected chi connectivity index (χ4v) is 2.84. The van der Waals surface area contributed by atoms with Gasteiger partial charge in [-0.25, -0.2) is 9.98 Å². The number of hydrogen-bond acceptors (Lipinski definition) is 5. The molecule has 1 unspecified atom stereocenters. The summed E-state index contributed by atoms with van der Waals surface area (Å²) >= 11 is 0. The average Bonchev–Trinajstić information content (AvgIpc) is 3.26. The highest BCUT2D eigenvalue weighted by molar-refractivity contribution is 14.0. The lowest BCUT2D eigenvalue weighted by atomic mass is 10.2. The summed E-state index contributed by atoms with van der Waals surface area (Å²) in [6.45, 7) is 14.0. The van der Waals surface area contributed by atoms with Gasteiger partial charge < -0.3 is 19.5 Å². The predicted octanol–water partition coefficient (Wildman–Crippen LogP) is 3.64. The molecule has 0 amide bonds. The van der Waals surface area contributed by atoms with Crippen molar-refractivity contribution < 1.29 is 8.83 Å². The number of rotatable bonds is 9. The minimum atomic E-state index is 0. The van der Waals surface area contributed by atoms with Gasteiger partial charge in [-0.15, -0.1) is 24.0 Å². The number of halogens is 1. The smallest absolute Gasteiger partial charge is 0.216 e. The second-order valence-corrected chi connectivity index (χ2v) is 6.08. The van der Waals surface area contributed by atoms with Crippen LogP contribution in [0.5, 0.6) is 0 Å². The van der Waals surface area contributed by atoms with Gasteiger partial charge >= 0.3 is 0 Å². The summed E-state index contributed by atoms with van der Waals surface area (Å²) in [5.41, 5.74) is 0.910. The number of hydrogen-bond donors (Lipinski definition) is 2. The zero-order valence-corrected chi connectivity index (χ0v) is 19.2. The Morgan fingerprint density at radius 3 is 2.48 bits per heavy atom. The lowest BCUT2D eigenvalue weighted by molar-refractivity contribution is 0.193. The normalized spacial score (nSPS) is 12.7. The van der Waals surface area contributed by atoms with Gasteiger partial charge in [0.05, 0.1) is 18.0 Å². The zero-order chi connectivity index (χ0) is 18.9. The van der Waals surface area contributed by atoms with Crippen molar-refractivity contribution in [2.24, 2.45) is 4.99 Å². The molecule has 2 heterocycles. The molecule has 0 fully saturated rings. The predicted molar refractivity (Wildman–Crippen MR) is 119 cm³/mol. The molecule has 0 aromatic carbocycles. The van der Waals surface area contributed by atoms with E-state index in [4.69, 9.17) is 8.83 Å². The van der Waals surface area contributed by atoms with Gasteiger partial charge in [0.2, 0.25) is 5.89 Å². The van der Waals surface area contributed by atoms with Gasteiger partial charge in [0.15, 0.2) is 5.96 Å². The Kier molecular flexibility index (Phi) is 10.5. The largest absolute Gasteiger partial charge is 0.468 e. The third-order valence-electron chi connectivity index (χ3n) is 4.38. The number of nitrogens with zero attached hydrogens (tertiary/aromatic N) is 3. The highest BCUT2D eigenvalue weighted by Gasteiger charge is 2.20. The molecule has 8 heteroatoms. The standard InChI is InChI=1S/C19H31N5O2.HI/c1-6-20-19(22-13-18-23-14(4)15(5)26-18)21-12-16(24(7-2)8-3)17-10-9-11-25-17;/h9-11,16H,6-8,12-13H2,1-5H3,(H2,20,21,22);1H. The Bertz CT molecular complexity index is 661. The van der Waals surface area contributed by atoms with Crippen LogP contribution in [0.25, 0.3) is 0 Å². The number of aromatic nitrogens is 1. The van der Waals surface area contributed by atoms with E-state index in [1.165, 1.54) is 0 Å². The number of aryl methyl sites for hydroxylation is 2. The van der Waals surface area contributed by atoms with E-state index in [9.17, 15) is 0 Å². The molecule has 0 aliphatic rings. The quantitative estimate of drug-likeness (QED) is 0.318. The van der Waals surface area contributed by atoms with E-state index < -0.39 is 0 Å². The van der Waals surface area contributed by atoms with Crippen molar-refractivity contribution in [3.63, 3.8) is 0 Å². The van der Waals surface area contributed by atoms with Gasteiger partial charge in [-0.05, 0) is 46.0 Å². The number of aliphatic imine (C=N–C) groups is 1. The fraction of sp³-hybridized carbons (Fsp3) is 0.579. The molecule has 0 bridgehead atoms. The number of likely N-dealkylation sites (N-methyl/N-ethyl adjacent to an activating group) is 1. The number of oxazole rings is 1. The molecule has 0 saturated carbocycles. The number of furan rings is 1. The van der Waals surface area contributed by atoms with E-state index in [1.807, 2.05) is 32.9 Å². The molecular formula is C19H32IN5O2. The Balaban J connectivity index is 0.00000364. The molecule has 2 aromatic heterocycles. The highest BCUT2D eigenvalue weighted by Crippen LogP contribution is 2.20. The van der Waals surface area contributed by atoms with Crippen LogP contribution >= 0.6 is 24.0 Å². The van der Waals surface area contributed by atoms with E-state index in [0.29, 0.717) is 19.0 Å². The van der Waals surface area contributed by atoms with Gasteiger partial charge in [0, 0.05) is 13.1 Å². The highest BCUT2D eigenvalue weighted by atomic mass is 127. The molecule has 0 aliphatic carbocycles. The molecule has 27 heavy (non-hydrogen) atoms. The Morgan fingerprint density at radius 1 is 1.22 bits per heavy atom. The van der Waals surface area contributed by atoms with Crippen LogP contribution in [0.1, 0.15) is 49.9 Å². The summed E-state index contributed by atoms with van der Waals surface area (Å²) < 4.78 is 11.3. The van der Waals surface area contributed by atoms with Gasteiger partial charge in [0.1, 0.15) is 18.1 Å². The molecular weight excluding hydrogens is 457 g/mol. The maximum absolute atomic E-state index is 5.65. The van der Waals surface area contributed by atoms with Crippen LogP contribution in [0, 0.1) is 13.8 Å². The van der Waals surface area contributed by atoms with E-state index in [0.717, 1.165) is 42.8 Å². The van der Waals surface area contributed by atoms with E-state index >= 15 is 0 Å². The van der Waals surface area contributed by atoms with E-state index in [2.05, 4.69) is 39.4 Å². The molecule has 0 spiro atoms. The van der Waals surface area contributed by atoms with Gasteiger partial charge in [-0.3, -0.25) is 4.90 Å². The molecule has 1 atom stereocenters. The molecule has 2 aromatic rings. The second-order valence-electron chi connectivity index (χ2n) is 6.08. The molecule has 2 N–H and O–H groups in total. The molecule has 0 saturated heterocycles. The number of nitrogens with one attached hydrogen (secondary N) is 2. The van der Waals surface area contributed by atoms with Crippen molar-refractivity contribution in [2.75, 3.05) is 26.2 Å². The third-order valence-corrected chi connectivity index (χ3v) is 4.38.